The van der Waals surface area contributed by atoms with E-state index in [2.05, 4.69) is 98.8 Å². The molecular formula is C27H26Si. The fraction of sp³-hybridized carbons (Fsp3) is 0.185. The van der Waals surface area contributed by atoms with Crippen molar-refractivity contribution in [2.45, 2.75) is 31.7 Å². The summed E-state index contributed by atoms with van der Waals surface area (Å²) in [6.07, 6.45) is 13.0. The number of allylic oxidation sites excluding steroid dienone is 9. The van der Waals surface area contributed by atoms with E-state index in [1.54, 1.807) is 16.3 Å². The van der Waals surface area contributed by atoms with E-state index in [1.165, 1.54) is 27.8 Å². The van der Waals surface area contributed by atoms with Gasteiger partial charge >= 0.3 is 0 Å². The van der Waals surface area contributed by atoms with E-state index in [0.717, 1.165) is 6.42 Å². The molecular weight excluding hydrogens is 352 g/mol. The van der Waals surface area contributed by atoms with Crippen LogP contribution in [0.5, 0.6) is 0 Å². The maximum absolute atomic E-state index is 2.48. The zero-order chi connectivity index (χ0) is 19.1. The second-order valence-corrected chi connectivity index (χ2v) is 10.2. The van der Waals surface area contributed by atoms with Gasteiger partial charge in [0.05, 0.1) is 9.52 Å². The zero-order valence-electron chi connectivity index (χ0n) is 16.7. The SMILES string of the molecule is CC1=Cc2ccccc2C1[SiH2]C1=C(C)C=C2C1=CC=CCC2c1ccccc1. The van der Waals surface area contributed by atoms with Crippen LogP contribution in [0, 0.1) is 0 Å². The van der Waals surface area contributed by atoms with E-state index >= 15 is 0 Å². The zero-order valence-corrected chi connectivity index (χ0v) is 18.1. The minimum Gasteiger partial charge on any atom is -0.0836 e. The predicted molar refractivity (Wildman–Crippen MR) is 123 cm³/mol. The molecule has 3 aliphatic rings. The van der Waals surface area contributed by atoms with E-state index in [4.69, 9.17) is 0 Å². The topological polar surface area (TPSA) is 0 Å². The van der Waals surface area contributed by atoms with Gasteiger partial charge in [0, 0.05) is 5.92 Å². The summed E-state index contributed by atoms with van der Waals surface area (Å²) in [5, 5.41) is 1.66. The number of hydrogen-bond donors (Lipinski definition) is 0. The Balaban J connectivity index is 1.49. The van der Waals surface area contributed by atoms with E-state index in [-0.39, 0.29) is 0 Å². The third kappa shape index (κ3) is 2.91. The van der Waals surface area contributed by atoms with Crippen molar-refractivity contribution in [3.05, 3.63) is 123 Å². The van der Waals surface area contributed by atoms with Crippen molar-refractivity contribution >= 4 is 15.6 Å². The van der Waals surface area contributed by atoms with E-state index in [9.17, 15) is 0 Å². The minimum atomic E-state index is -0.466. The molecule has 0 N–H and O–H groups in total. The molecule has 0 amide bonds. The number of rotatable bonds is 3. The Kier molecular flexibility index (Phi) is 4.41. The molecule has 5 rings (SSSR count). The van der Waals surface area contributed by atoms with Gasteiger partial charge < -0.3 is 0 Å². The summed E-state index contributed by atoms with van der Waals surface area (Å²) in [6, 6.07) is 20.0. The molecule has 1 heteroatoms. The van der Waals surface area contributed by atoms with E-state index in [1.807, 2.05) is 0 Å². The fourth-order valence-corrected chi connectivity index (χ4v) is 7.48. The summed E-state index contributed by atoms with van der Waals surface area (Å²) in [4.78, 5) is 0. The van der Waals surface area contributed by atoms with Gasteiger partial charge in [0.2, 0.25) is 0 Å². The summed E-state index contributed by atoms with van der Waals surface area (Å²) >= 11 is 0. The van der Waals surface area contributed by atoms with Crippen molar-refractivity contribution in [1.29, 1.82) is 0 Å². The molecule has 0 aliphatic heterocycles. The third-order valence-electron chi connectivity index (χ3n) is 6.54. The molecule has 0 heterocycles. The minimum absolute atomic E-state index is 0.466. The Bertz CT molecular complexity index is 1080. The summed E-state index contributed by atoms with van der Waals surface area (Å²) in [5.41, 5.74) is 11.1. The van der Waals surface area contributed by atoms with Crippen LogP contribution in [0.15, 0.2) is 106 Å². The molecule has 0 saturated carbocycles. The normalized spacial score (nSPS) is 23.4. The van der Waals surface area contributed by atoms with Gasteiger partial charge in [0.1, 0.15) is 0 Å². The molecule has 0 saturated heterocycles. The van der Waals surface area contributed by atoms with Gasteiger partial charge in [-0.1, -0.05) is 101 Å². The van der Waals surface area contributed by atoms with Crippen molar-refractivity contribution in [2.75, 3.05) is 0 Å². The molecule has 0 spiro atoms. The first-order valence-electron chi connectivity index (χ1n) is 10.3. The molecule has 2 atom stereocenters. The molecule has 0 aromatic heterocycles. The molecule has 2 aromatic carbocycles. The van der Waals surface area contributed by atoms with Gasteiger partial charge in [0.15, 0.2) is 0 Å². The van der Waals surface area contributed by atoms with Crippen LogP contribution in [-0.4, -0.2) is 9.52 Å². The lowest BCUT2D eigenvalue weighted by atomic mass is 9.86. The third-order valence-corrected chi connectivity index (χ3v) is 9.38. The molecule has 2 aromatic rings. The first-order chi connectivity index (χ1) is 13.7. The Labute approximate surface area is 170 Å². The van der Waals surface area contributed by atoms with Crippen molar-refractivity contribution in [3.8, 4) is 0 Å². The Hall–Kier alpha value is -2.64. The van der Waals surface area contributed by atoms with Crippen LogP contribution in [0.2, 0.25) is 0 Å². The average molecular weight is 379 g/mol. The van der Waals surface area contributed by atoms with Crippen LogP contribution in [0.25, 0.3) is 6.08 Å². The number of fused-ring (bicyclic) bond motifs is 2. The Morgan fingerprint density at radius 3 is 2.54 bits per heavy atom. The lowest BCUT2D eigenvalue weighted by Crippen LogP contribution is -2.13. The molecule has 2 unspecified atom stereocenters. The van der Waals surface area contributed by atoms with Gasteiger partial charge in [-0.25, -0.2) is 0 Å². The van der Waals surface area contributed by atoms with Crippen LogP contribution in [-0.2, 0) is 0 Å². The van der Waals surface area contributed by atoms with Crippen LogP contribution >= 0.6 is 0 Å². The second kappa shape index (κ2) is 7.07. The molecule has 138 valence electrons. The molecule has 0 fully saturated rings. The molecule has 0 bridgehead atoms. The van der Waals surface area contributed by atoms with Crippen LogP contribution in [0.4, 0.5) is 0 Å². The predicted octanol–water partition coefficient (Wildman–Crippen LogP) is 6.20. The highest BCUT2D eigenvalue weighted by molar-refractivity contribution is 6.51. The van der Waals surface area contributed by atoms with E-state index < -0.39 is 9.52 Å². The second-order valence-electron chi connectivity index (χ2n) is 8.24. The molecule has 0 nitrogen and oxygen atoms in total. The highest BCUT2D eigenvalue weighted by Crippen LogP contribution is 2.45. The monoisotopic (exact) mass is 378 g/mol. The smallest absolute Gasteiger partial charge is 0.0686 e. The quantitative estimate of drug-likeness (QED) is 0.558. The summed E-state index contributed by atoms with van der Waals surface area (Å²) in [7, 11) is -0.466. The molecule has 28 heavy (non-hydrogen) atoms. The van der Waals surface area contributed by atoms with Crippen molar-refractivity contribution in [3.63, 3.8) is 0 Å². The number of hydrogen-bond acceptors (Lipinski definition) is 0. The summed E-state index contributed by atoms with van der Waals surface area (Å²) in [5.74, 6) is 0.472. The summed E-state index contributed by atoms with van der Waals surface area (Å²) in [6.45, 7) is 4.65. The van der Waals surface area contributed by atoms with Crippen molar-refractivity contribution in [1.82, 2.24) is 0 Å². The molecule has 0 radical (unpaired) electrons. The standard InChI is InChI=1S/C27H26Si/c1-18-16-21-12-6-7-14-23(21)26(18)28-27-19(2)17-25-22(13-8-9-15-24(25)27)20-10-4-3-5-11-20/h3-12,14-17,22,26H,13,28H2,1-2H3. The largest absolute Gasteiger partial charge is 0.0836 e. The van der Waals surface area contributed by atoms with Crippen LogP contribution < -0.4 is 0 Å². The van der Waals surface area contributed by atoms with Crippen molar-refractivity contribution < 1.29 is 0 Å². The highest BCUT2D eigenvalue weighted by atomic mass is 28.2. The average Bonchev–Trinajstić information content (AvgIpc) is 3.10. The van der Waals surface area contributed by atoms with Crippen LogP contribution in [0.3, 0.4) is 0 Å². The van der Waals surface area contributed by atoms with Gasteiger partial charge in [0.25, 0.3) is 0 Å². The fourth-order valence-electron chi connectivity index (χ4n) is 5.07. The molecule has 3 aliphatic carbocycles. The lowest BCUT2D eigenvalue weighted by Gasteiger charge is -2.21. The first-order valence-corrected chi connectivity index (χ1v) is 11.9. The first kappa shape index (κ1) is 17.5. The maximum atomic E-state index is 2.48. The van der Waals surface area contributed by atoms with Crippen molar-refractivity contribution in [2.24, 2.45) is 0 Å². The number of benzene rings is 2. The lowest BCUT2D eigenvalue weighted by molar-refractivity contribution is 0.827. The van der Waals surface area contributed by atoms with Gasteiger partial charge in [-0.05, 0) is 53.6 Å². The Morgan fingerprint density at radius 1 is 0.893 bits per heavy atom. The Morgan fingerprint density at radius 2 is 1.68 bits per heavy atom. The highest BCUT2D eigenvalue weighted by Gasteiger charge is 2.31. The summed E-state index contributed by atoms with van der Waals surface area (Å²) < 4.78 is 0. The van der Waals surface area contributed by atoms with Gasteiger partial charge in [-0.2, -0.15) is 0 Å². The van der Waals surface area contributed by atoms with Gasteiger partial charge in [-0.15, -0.1) is 0 Å². The van der Waals surface area contributed by atoms with Gasteiger partial charge in [-0.3, -0.25) is 0 Å². The van der Waals surface area contributed by atoms with Crippen LogP contribution in [0.1, 0.15) is 48.4 Å². The maximum Gasteiger partial charge on any atom is 0.0686 e. The van der Waals surface area contributed by atoms with E-state index in [0.29, 0.717) is 11.5 Å².